The smallest absolute Gasteiger partial charge is 0.262 e. The van der Waals surface area contributed by atoms with Gasteiger partial charge in [-0.15, -0.1) is 11.3 Å². The minimum atomic E-state index is -1.55. The SMILES string of the molecule is CCc1[nH]nc(-c2nccs2)c1-c1ccc(NC(=O)c2c(F)ccc(F)c2F)nc1. The molecule has 0 saturated carbocycles. The van der Waals surface area contributed by atoms with Crippen LogP contribution in [0, 0.1) is 17.5 Å². The third-order valence-corrected chi connectivity index (χ3v) is 5.17. The molecular weight excluding hydrogens is 415 g/mol. The Hall–Kier alpha value is -3.53. The molecule has 4 rings (SSSR count). The lowest BCUT2D eigenvalue weighted by molar-refractivity contribution is 0.101. The van der Waals surface area contributed by atoms with E-state index in [2.05, 4.69) is 25.5 Å². The number of aromatic nitrogens is 4. The maximum Gasteiger partial charge on any atom is 0.262 e. The number of aromatic amines is 1. The number of hydrogen-bond donors (Lipinski definition) is 2. The summed E-state index contributed by atoms with van der Waals surface area (Å²) in [4.78, 5) is 20.7. The average molecular weight is 429 g/mol. The molecule has 30 heavy (non-hydrogen) atoms. The third-order valence-electron chi connectivity index (χ3n) is 4.39. The van der Waals surface area contributed by atoms with Crippen molar-refractivity contribution in [1.82, 2.24) is 20.2 Å². The number of thiazole rings is 1. The van der Waals surface area contributed by atoms with Gasteiger partial charge in [0.2, 0.25) is 0 Å². The fourth-order valence-electron chi connectivity index (χ4n) is 2.97. The summed E-state index contributed by atoms with van der Waals surface area (Å²) in [5.41, 5.74) is 2.13. The number of carbonyl (C=O) groups excluding carboxylic acids is 1. The van der Waals surface area contributed by atoms with Crippen LogP contribution >= 0.6 is 11.3 Å². The fourth-order valence-corrected chi connectivity index (χ4v) is 3.60. The van der Waals surface area contributed by atoms with Crippen molar-refractivity contribution < 1.29 is 18.0 Å². The number of aryl methyl sites for hydroxylation is 1. The maximum atomic E-state index is 13.8. The normalized spacial score (nSPS) is 10.9. The van der Waals surface area contributed by atoms with Gasteiger partial charge in [0.15, 0.2) is 11.6 Å². The monoisotopic (exact) mass is 429 g/mol. The lowest BCUT2D eigenvalue weighted by Gasteiger charge is -2.08. The Bertz CT molecular complexity index is 1210. The van der Waals surface area contributed by atoms with Gasteiger partial charge in [0.25, 0.3) is 5.91 Å². The highest BCUT2D eigenvalue weighted by Crippen LogP contribution is 2.34. The first-order valence-corrected chi connectivity index (χ1v) is 9.76. The fraction of sp³-hybridized carbons (Fsp3) is 0.100. The number of benzene rings is 1. The van der Waals surface area contributed by atoms with Gasteiger partial charge in [0.05, 0.1) is 0 Å². The Morgan fingerprint density at radius 3 is 2.60 bits per heavy atom. The number of pyridine rings is 1. The van der Waals surface area contributed by atoms with Crippen molar-refractivity contribution in [2.75, 3.05) is 5.32 Å². The van der Waals surface area contributed by atoms with Crippen molar-refractivity contribution in [3.8, 4) is 21.8 Å². The molecule has 152 valence electrons. The van der Waals surface area contributed by atoms with Crippen LogP contribution in [-0.4, -0.2) is 26.1 Å². The molecule has 10 heteroatoms. The molecule has 2 N–H and O–H groups in total. The first-order valence-electron chi connectivity index (χ1n) is 8.88. The third kappa shape index (κ3) is 3.57. The molecule has 6 nitrogen and oxygen atoms in total. The van der Waals surface area contributed by atoms with E-state index in [1.54, 1.807) is 12.3 Å². The van der Waals surface area contributed by atoms with Crippen LogP contribution in [0.2, 0.25) is 0 Å². The number of nitrogens with zero attached hydrogens (tertiary/aromatic N) is 3. The molecule has 3 aromatic heterocycles. The van der Waals surface area contributed by atoms with E-state index < -0.39 is 28.9 Å². The molecule has 0 aliphatic carbocycles. The summed E-state index contributed by atoms with van der Waals surface area (Å²) in [7, 11) is 0. The van der Waals surface area contributed by atoms with Gasteiger partial charge in [-0.1, -0.05) is 6.92 Å². The summed E-state index contributed by atoms with van der Waals surface area (Å²) >= 11 is 1.45. The van der Waals surface area contributed by atoms with Crippen LogP contribution in [0.5, 0.6) is 0 Å². The lowest BCUT2D eigenvalue weighted by Crippen LogP contribution is -2.17. The lowest BCUT2D eigenvalue weighted by atomic mass is 10.0. The van der Waals surface area contributed by atoms with E-state index in [0.29, 0.717) is 24.2 Å². The van der Waals surface area contributed by atoms with E-state index in [0.717, 1.165) is 21.8 Å². The van der Waals surface area contributed by atoms with Gasteiger partial charge in [-0.05, 0) is 30.7 Å². The van der Waals surface area contributed by atoms with Crippen molar-refractivity contribution in [3.05, 3.63) is 70.7 Å². The van der Waals surface area contributed by atoms with Crippen molar-refractivity contribution in [2.24, 2.45) is 0 Å². The quantitative estimate of drug-likeness (QED) is 0.445. The van der Waals surface area contributed by atoms with Gasteiger partial charge in [-0.25, -0.2) is 23.1 Å². The predicted molar refractivity (Wildman–Crippen MR) is 107 cm³/mol. The number of H-pyrrole nitrogens is 1. The Morgan fingerprint density at radius 1 is 1.13 bits per heavy atom. The zero-order chi connectivity index (χ0) is 21.3. The highest BCUT2D eigenvalue weighted by atomic mass is 32.1. The first kappa shape index (κ1) is 19.8. The van der Waals surface area contributed by atoms with Gasteiger partial charge in [0.1, 0.15) is 27.9 Å². The van der Waals surface area contributed by atoms with Crippen LogP contribution in [0.25, 0.3) is 21.8 Å². The highest BCUT2D eigenvalue weighted by molar-refractivity contribution is 7.13. The number of rotatable bonds is 5. The van der Waals surface area contributed by atoms with Crippen molar-refractivity contribution in [2.45, 2.75) is 13.3 Å². The van der Waals surface area contributed by atoms with Crippen molar-refractivity contribution >= 4 is 23.1 Å². The number of nitrogens with one attached hydrogen (secondary N) is 2. The predicted octanol–water partition coefficient (Wildman–Crippen LogP) is 4.83. The summed E-state index contributed by atoms with van der Waals surface area (Å²) in [6.07, 6.45) is 3.89. The number of hydrogen-bond acceptors (Lipinski definition) is 5. The van der Waals surface area contributed by atoms with Crippen molar-refractivity contribution in [3.63, 3.8) is 0 Å². The van der Waals surface area contributed by atoms with Crippen LogP contribution < -0.4 is 5.32 Å². The molecule has 0 bridgehead atoms. The Morgan fingerprint density at radius 2 is 1.93 bits per heavy atom. The molecule has 0 fully saturated rings. The van der Waals surface area contributed by atoms with E-state index in [4.69, 9.17) is 0 Å². The van der Waals surface area contributed by atoms with E-state index in [9.17, 15) is 18.0 Å². The Balaban J connectivity index is 1.63. The molecule has 0 radical (unpaired) electrons. The average Bonchev–Trinajstić information content (AvgIpc) is 3.41. The largest absolute Gasteiger partial charge is 0.306 e. The van der Waals surface area contributed by atoms with E-state index in [1.807, 2.05) is 12.3 Å². The van der Waals surface area contributed by atoms with Gasteiger partial charge >= 0.3 is 0 Å². The Kier molecular flexibility index (Phi) is 5.32. The summed E-state index contributed by atoms with van der Waals surface area (Å²) in [5, 5.41) is 12.2. The van der Waals surface area contributed by atoms with Crippen LogP contribution in [0.3, 0.4) is 0 Å². The first-order chi connectivity index (χ1) is 14.5. The van der Waals surface area contributed by atoms with Gasteiger partial charge in [-0.3, -0.25) is 9.89 Å². The number of amides is 1. The molecule has 4 aromatic rings. The zero-order valence-electron chi connectivity index (χ0n) is 15.5. The standard InChI is InChI=1S/C20H14F3N5OS/c1-2-13-15(18(28-27-13)20-24-7-8-30-20)10-3-6-14(25-9-10)26-19(29)16-11(21)4-5-12(22)17(16)23/h3-9H,2H2,1H3,(H,27,28)(H,25,26,29). The van der Waals surface area contributed by atoms with Crippen LogP contribution in [0.4, 0.5) is 19.0 Å². The second kappa shape index (κ2) is 8.07. The second-order valence-corrected chi connectivity index (χ2v) is 7.12. The molecule has 1 amide bonds. The second-order valence-electron chi connectivity index (χ2n) is 6.22. The summed E-state index contributed by atoms with van der Waals surface area (Å²) < 4.78 is 41.0. The molecule has 0 aliphatic rings. The van der Waals surface area contributed by atoms with E-state index in [1.165, 1.54) is 23.6 Å². The molecule has 0 spiro atoms. The molecule has 1 aromatic carbocycles. The summed E-state index contributed by atoms with van der Waals surface area (Å²) in [5.74, 6) is -5.10. The highest BCUT2D eigenvalue weighted by Gasteiger charge is 2.22. The Labute approximate surface area is 172 Å². The molecular formula is C20H14F3N5OS. The van der Waals surface area contributed by atoms with Gasteiger partial charge < -0.3 is 5.32 Å². The van der Waals surface area contributed by atoms with Crippen LogP contribution in [0.15, 0.2) is 42.0 Å². The van der Waals surface area contributed by atoms with Crippen LogP contribution in [0.1, 0.15) is 23.0 Å². The summed E-state index contributed by atoms with van der Waals surface area (Å²) in [6.45, 7) is 1.98. The van der Waals surface area contributed by atoms with Crippen LogP contribution in [-0.2, 0) is 6.42 Å². The molecule has 0 aliphatic heterocycles. The molecule has 0 atom stereocenters. The van der Waals surface area contributed by atoms with Gasteiger partial charge in [0, 0.05) is 34.6 Å². The van der Waals surface area contributed by atoms with E-state index in [-0.39, 0.29) is 5.82 Å². The van der Waals surface area contributed by atoms with Crippen molar-refractivity contribution in [1.29, 1.82) is 0 Å². The maximum absolute atomic E-state index is 13.8. The van der Waals surface area contributed by atoms with Gasteiger partial charge in [-0.2, -0.15) is 5.10 Å². The number of halogens is 3. The molecule has 0 saturated heterocycles. The zero-order valence-corrected chi connectivity index (χ0v) is 16.4. The summed E-state index contributed by atoms with van der Waals surface area (Å²) in [6, 6.07) is 4.49. The number of carbonyl (C=O) groups is 1. The molecule has 0 unspecified atom stereocenters. The minimum absolute atomic E-state index is 0.0594. The molecule has 3 heterocycles. The number of anilines is 1. The van der Waals surface area contributed by atoms with E-state index >= 15 is 0 Å². The topological polar surface area (TPSA) is 83.6 Å². The minimum Gasteiger partial charge on any atom is -0.306 e.